The van der Waals surface area contributed by atoms with Crippen molar-refractivity contribution < 1.29 is 19.8 Å². The lowest BCUT2D eigenvalue weighted by Crippen LogP contribution is -2.42. The fraction of sp³-hybridized carbons (Fsp3) is 0.455. The highest BCUT2D eigenvalue weighted by molar-refractivity contribution is 7.99. The molecule has 0 bridgehead atoms. The number of aliphatic hydroxyl groups excluding tert-OH is 1. The van der Waals surface area contributed by atoms with Crippen LogP contribution in [-0.4, -0.2) is 40.5 Å². The second-order valence-corrected chi connectivity index (χ2v) is 5.56. The molecule has 0 saturated carbocycles. The van der Waals surface area contributed by atoms with E-state index in [2.05, 4.69) is 5.32 Å². The molecule has 1 rings (SSSR count). The largest absolute Gasteiger partial charge is 0.480 e. The van der Waals surface area contributed by atoms with Gasteiger partial charge in [-0.3, -0.25) is 4.79 Å². The van der Waals surface area contributed by atoms with Gasteiger partial charge in [0, 0.05) is 23.7 Å². The van der Waals surface area contributed by atoms with Gasteiger partial charge in [0.25, 0.3) is 0 Å². The lowest BCUT2D eigenvalue weighted by Gasteiger charge is -2.12. The second-order valence-electron chi connectivity index (χ2n) is 3.54. The lowest BCUT2D eigenvalue weighted by atomic mass is 10.2. The number of carboxylic acids is 1. The van der Waals surface area contributed by atoms with Gasteiger partial charge < -0.3 is 15.5 Å². The molecule has 1 heterocycles. The number of amides is 1. The van der Waals surface area contributed by atoms with Gasteiger partial charge in [-0.2, -0.15) is 0 Å². The first kappa shape index (κ1) is 15.0. The van der Waals surface area contributed by atoms with Crippen LogP contribution in [0.3, 0.4) is 0 Å². The highest BCUT2D eigenvalue weighted by atomic mass is 32.2. The number of hydrogen-bond donors (Lipinski definition) is 3. The van der Waals surface area contributed by atoms with E-state index in [4.69, 9.17) is 10.2 Å². The molecule has 3 N–H and O–H groups in total. The van der Waals surface area contributed by atoms with Crippen LogP contribution in [0.25, 0.3) is 0 Å². The second kappa shape index (κ2) is 8.12. The van der Waals surface area contributed by atoms with Crippen LogP contribution < -0.4 is 5.32 Å². The molecule has 0 aromatic carbocycles. The Hall–Kier alpha value is -1.05. The molecule has 0 spiro atoms. The summed E-state index contributed by atoms with van der Waals surface area (Å²) in [6.07, 6.45) is 0.0245. The van der Waals surface area contributed by atoms with Gasteiger partial charge in [-0.15, -0.1) is 23.1 Å². The van der Waals surface area contributed by atoms with Crippen LogP contribution in [0, 0.1) is 0 Å². The SMILES string of the molecule is O=C(CSCc1cccs1)NC(CCO)C(=O)O. The van der Waals surface area contributed by atoms with E-state index < -0.39 is 12.0 Å². The van der Waals surface area contributed by atoms with Crippen molar-refractivity contribution in [1.29, 1.82) is 0 Å². The third-order valence-electron chi connectivity index (χ3n) is 2.11. The summed E-state index contributed by atoms with van der Waals surface area (Å²) in [6, 6.07) is 2.92. The van der Waals surface area contributed by atoms with Crippen LogP contribution >= 0.6 is 23.1 Å². The van der Waals surface area contributed by atoms with E-state index in [0.29, 0.717) is 0 Å². The van der Waals surface area contributed by atoms with Gasteiger partial charge in [-0.05, 0) is 11.4 Å². The maximum Gasteiger partial charge on any atom is 0.326 e. The Balaban J connectivity index is 2.25. The quantitative estimate of drug-likeness (QED) is 0.663. The van der Waals surface area contributed by atoms with Gasteiger partial charge in [-0.25, -0.2) is 4.79 Å². The van der Waals surface area contributed by atoms with Crippen LogP contribution in [0.15, 0.2) is 17.5 Å². The number of aliphatic carboxylic acids is 1. The first-order chi connectivity index (χ1) is 8.63. The van der Waals surface area contributed by atoms with Crippen molar-refractivity contribution >= 4 is 35.0 Å². The number of hydrogen-bond acceptors (Lipinski definition) is 5. The number of thioether (sulfide) groups is 1. The molecule has 0 fully saturated rings. The van der Waals surface area contributed by atoms with Crippen LogP contribution in [0.1, 0.15) is 11.3 Å². The zero-order chi connectivity index (χ0) is 13.4. The van der Waals surface area contributed by atoms with Gasteiger partial charge in [-0.1, -0.05) is 6.07 Å². The third kappa shape index (κ3) is 5.52. The third-order valence-corrected chi connectivity index (χ3v) is 4.15. The number of carbonyl (C=O) groups excluding carboxylic acids is 1. The van der Waals surface area contributed by atoms with E-state index in [1.807, 2.05) is 17.5 Å². The molecule has 100 valence electrons. The summed E-state index contributed by atoms with van der Waals surface area (Å²) in [4.78, 5) is 23.4. The number of nitrogens with one attached hydrogen (secondary N) is 1. The van der Waals surface area contributed by atoms with Crippen molar-refractivity contribution in [3.63, 3.8) is 0 Å². The monoisotopic (exact) mass is 289 g/mol. The van der Waals surface area contributed by atoms with Gasteiger partial charge in [0.15, 0.2) is 0 Å². The lowest BCUT2D eigenvalue weighted by molar-refractivity contribution is -0.141. The van der Waals surface area contributed by atoms with Crippen LogP contribution in [0.5, 0.6) is 0 Å². The smallest absolute Gasteiger partial charge is 0.326 e. The summed E-state index contributed by atoms with van der Waals surface area (Å²) in [7, 11) is 0. The Morgan fingerprint density at radius 2 is 2.28 bits per heavy atom. The van der Waals surface area contributed by atoms with Crippen molar-refractivity contribution in [3.8, 4) is 0 Å². The molecule has 0 aliphatic carbocycles. The number of aliphatic hydroxyl groups is 1. The molecule has 1 aromatic heterocycles. The Labute approximate surface area is 113 Å². The normalized spacial score (nSPS) is 12.1. The molecule has 0 radical (unpaired) electrons. The molecule has 0 aliphatic rings. The summed E-state index contributed by atoms with van der Waals surface area (Å²) in [5.41, 5.74) is 0. The Bertz CT molecular complexity index is 380. The standard InChI is InChI=1S/C11H15NO4S2/c13-4-3-9(11(15)16)12-10(14)7-17-6-8-2-1-5-18-8/h1-2,5,9,13H,3-4,6-7H2,(H,12,14)(H,15,16). The zero-order valence-corrected chi connectivity index (χ0v) is 11.3. The fourth-order valence-electron chi connectivity index (χ4n) is 1.26. The number of thiophene rings is 1. The van der Waals surface area contributed by atoms with Gasteiger partial charge in [0.05, 0.1) is 5.75 Å². The molecule has 18 heavy (non-hydrogen) atoms. The number of rotatable bonds is 8. The van der Waals surface area contributed by atoms with E-state index >= 15 is 0 Å². The first-order valence-corrected chi connectivity index (χ1v) is 7.40. The highest BCUT2D eigenvalue weighted by Gasteiger charge is 2.18. The van der Waals surface area contributed by atoms with Crippen LogP contribution in [-0.2, 0) is 15.3 Å². The van der Waals surface area contributed by atoms with Gasteiger partial charge in [0.2, 0.25) is 5.91 Å². The maximum absolute atomic E-state index is 11.5. The molecule has 0 saturated heterocycles. The van der Waals surface area contributed by atoms with E-state index in [-0.39, 0.29) is 24.7 Å². The molecule has 5 nitrogen and oxygen atoms in total. The van der Waals surface area contributed by atoms with Crippen LogP contribution in [0.4, 0.5) is 0 Å². The van der Waals surface area contributed by atoms with Crippen molar-refractivity contribution in [2.24, 2.45) is 0 Å². The van der Waals surface area contributed by atoms with Gasteiger partial charge in [0.1, 0.15) is 6.04 Å². The molecule has 1 aromatic rings. The molecule has 1 atom stereocenters. The molecule has 7 heteroatoms. The molecule has 0 aliphatic heterocycles. The Kier molecular flexibility index (Phi) is 6.77. The summed E-state index contributed by atoms with van der Waals surface area (Å²) in [6.45, 7) is -0.264. The maximum atomic E-state index is 11.5. The summed E-state index contributed by atoms with van der Waals surface area (Å²) in [5.74, 6) is -0.492. The summed E-state index contributed by atoms with van der Waals surface area (Å²) >= 11 is 3.06. The van der Waals surface area contributed by atoms with E-state index in [1.54, 1.807) is 11.3 Å². The topological polar surface area (TPSA) is 86.6 Å². The average molecular weight is 289 g/mol. The molecule has 1 unspecified atom stereocenters. The minimum atomic E-state index is -1.12. The van der Waals surface area contributed by atoms with E-state index in [1.165, 1.54) is 16.6 Å². The predicted molar refractivity (Wildman–Crippen MR) is 71.8 cm³/mol. The minimum Gasteiger partial charge on any atom is -0.480 e. The number of carbonyl (C=O) groups is 2. The Morgan fingerprint density at radius 1 is 1.50 bits per heavy atom. The minimum absolute atomic E-state index is 0.0245. The predicted octanol–water partition coefficient (Wildman–Crippen LogP) is 0.933. The van der Waals surface area contributed by atoms with E-state index in [0.717, 1.165) is 5.75 Å². The van der Waals surface area contributed by atoms with E-state index in [9.17, 15) is 9.59 Å². The van der Waals surface area contributed by atoms with Crippen molar-refractivity contribution in [1.82, 2.24) is 5.32 Å². The molecular weight excluding hydrogens is 274 g/mol. The Morgan fingerprint density at radius 3 is 2.83 bits per heavy atom. The first-order valence-electron chi connectivity index (χ1n) is 5.36. The zero-order valence-electron chi connectivity index (χ0n) is 9.67. The van der Waals surface area contributed by atoms with Crippen LogP contribution in [0.2, 0.25) is 0 Å². The van der Waals surface area contributed by atoms with Crippen molar-refractivity contribution in [2.75, 3.05) is 12.4 Å². The average Bonchev–Trinajstić information content (AvgIpc) is 2.81. The summed E-state index contributed by atoms with van der Waals surface area (Å²) in [5, 5.41) is 21.8. The molecule has 1 amide bonds. The number of carboxylic acid groups (broad SMARTS) is 1. The summed E-state index contributed by atoms with van der Waals surface area (Å²) < 4.78 is 0. The fourth-order valence-corrected chi connectivity index (χ4v) is 2.94. The van der Waals surface area contributed by atoms with Crippen molar-refractivity contribution in [3.05, 3.63) is 22.4 Å². The molecular formula is C11H15NO4S2. The van der Waals surface area contributed by atoms with Crippen molar-refractivity contribution in [2.45, 2.75) is 18.2 Å². The highest BCUT2D eigenvalue weighted by Crippen LogP contribution is 2.16. The van der Waals surface area contributed by atoms with Gasteiger partial charge >= 0.3 is 5.97 Å².